The first-order chi connectivity index (χ1) is 9.56. The van der Waals surface area contributed by atoms with Gasteiger partial charge in [-0.05, 0) is 42.8 Å². The third kappa shape index (κ3) is 2.88. The fourth-order valence-electron chi connectivity index (χ4n) is 2.16. The summed E-state index contributed by atoms with van der Waals surface area (Å²) in [4.78, 5) is 0. The Bertz CT molecular complexity index is 581. The van der Waals surface area contributed by atoms with Crippen LogP contribution in [0.5, 0.6) is 5.75 Å². The van der Waals surface area contributed by atoms with E-state index in [1.807, 2.05) is 49.7 Å². The molecule has 1 unspecified atom stereocenters. The largest absolute Gasteiger partial charge is 0.493 e. The van der Waals surface area contributed by atoms with Gasteiger partial charge < -0.3 is 9.84 Å². The van der Waals surface area contributed by atoms with Crippen molar-refractivity contribution in [3.05, 3.63) is 46.2 Å². The maximum absolute atomic E-state index is 10.7. The summed E-state index contributed by atoms with van der Waals surface area (Å²) < 4.78 is 8.20. The SMILES string of the molecule is CCOc1ccccc1C(O)c1c(Br)cnn1C(C)C. The monoisotopic (exact) mass is 338 g/mol. The lowest BCUT2D eigenvalue weighted by Gasteiger charge is -2.19. The number of nitrogens with zero attached hydrogens (tertiary/aromatic N) is 2. The third-order valence-electron chi connectivity index (χ3n) is 3.05. The molecule has 1 heterocycles. The molecule has 20 heavy (non-hydrogen) atoms. The molecule has 0 fully saturated rings. The van der Waals surface area contributed by atoms with Crippen LogP contribution in [-0.2, 0) is 0 Å². The van der Waals surface area contributed by atoms with Crippen LogP contribution < -0.4 is 4.74 Å². The lowest BCUT2D eigenvalue weighted by Crippen LogP contribution is -2.13. The first-order valence-corrected chi connectivity index (χ1v) is 7.48. The van der Waals surface area contributed by atoms with Crippen molar-refractivity contribution in [1.82, 2.24) is 9.78 Å². The van der Waals surface area contributed by atoms with Crippen LogP contribution >= 0.6 is 15.9 Å². The number of benzene rings is 1. The van der Waals surface area contributed by atoms with Crippen molar-refractivity contribution < 1.29 is 9.84 Å². The minimum atomic E-state index is -0.781. The molecule has 0 radical (unpaired) electrons. The normalized spacial score (nSPS) is 12.7. The molecule has 0 bridgehead atoms. The van der Waals surface area contributed by atoms with E-state index in [0.29, 0.717) is 12.4 Å². The van der Waals surface area contributed by atoms with Gasteiger partial charge in [-0.25, -0.2) is 0 Å². The number of hydrogen-bond donors (Lipinski definition) is 1. The van der Waals surface area contributed by atoms with Crippen molar-refractivity contribution >= 4 is 15.9 Å². The van der Waals surface area contributed by atoms with E-state index in [9.17, 15) is 5.11 Å². The van der Waals surface area contributed by atoms with Crippen LogP contribution in [0.15, 0.2) is 34.9 Å². The molecular weight excluding hydrogens is 320 g/mol. The molecule has 0 aliphatic heterocycles. The molecule has 0 saturated heterocycles. The maximum atomic E-state index is 10.7. The minimum Gasteiger partial charge on any atom is -0.493 e. The van der Waals surface area contributed by atoms with Gasteiger partial charge in [0.1, 0.15) is 11.9 Å². The van der Waals surface area contributed by atoms with E-state index in [2.05, 4.69) is 21.0 Å². The highest BCUT2D eigenvalue weighted by atomic mass is 79.9. The van der Waals surface area contributed by atoms with Gasteiger partial charge in [-0.2, -0.15) is 5.10 Å². The highest BCUT2D eigenvalue weighted by Crippen LogP contribution is 2.34. The molecule has 2 aromatic rings. The Labute approximate surface area is 127 Å². The van der Waals surface area contributed by atoms with Gasteiger partial charge >= 0.3 is 0 Å². The van der Waals surface area contributed by atoms with E-state index in [1.165, 1.54) is 0 Å². The molecule has 1 N–H and O–H groups in total. The number of aliphatic hydroxyl groups is 1. The lowest BCUT2D eigenvalue weighted by molar-refractivity contribution is 0.197. The molecule has 1 atom stereocenters. The van der Waals surface area contributed by atoms with E-state index in [4.69, 9.17) is 4.74 Å². The summed E-state index contributed by atoms with van der Waals surface area (Å²) in [6, 6.07) is 7.71. The van der Waals surface area contributed by atoms with Crippen molar-refractivity contribution in [2.24, 2.45) is 0 Å². The topological polar surface area (TPSA) is 47.3 Å². The molecule has 5 heteroatoms. The van der Waals surface area contributed by atoms with Crippen LogP contribution in [0.1, 0.15) is 44.2 Å². The maximum Gasteiger partial charge on any atom is 0.125 e. The van der Waals surface area contributed by atoms with Crippen molar-refractivity contribution in [2.45, 2.75) is 32.9 Å². The highest BCUT2D eigenvalue weighted by Gasteiger charge is 2.23. The van der Waals surface area contributed by atoms with Crippen molar-refractivity contribution in [3.8, 4) is 5.75 Å². The minimum absolute atomic E-state index is 0.171. The highest BCUT2D eigenvalue weighted by molar-refractivity contribution is 9.10. The standard InChI is InChI=1S/C15H19BrN2O2/c1-4-20-13-8-6-5-7-11(13)15(19)14-12(16)9-17-18(14)10(2)3/h5-10,15,19H,4H2,1-3H3. The summed E-state index contributed by atoms with van der Waals surface area (Å²) in [7, 11) is 0. The Balaban J connectivity index is 2.46. The van der Waals surface area contributed by atoms with E-state index in [1.54, 1.807) is 6.20 Å². The van der Waals surface area contributed by atoms with Crippen LogP contribution in [0.3, 0.4) is 0 Å². The number of ether oxygens (including phenoxy) is 1. The van der Waals surface area contributed by atoms with Gasteiger partial charge in [0.05, 0.1) is 23.0 Å². The molecule has 4 nitrogen and oxygen atoms in total. The molecule has 0 aliphatic carbocycles. The zero-order valence-electron chi connectivity index (χ0n) is 11.9. The molecule has 2 rings (SSSR count). The second-order valence-corrected chi connectivity index (χ2v) is 5.64. The number of para-hydroxylation sites is 1. The first-order valence-electron chi connectivity index (χ1n) is 6.69. The summed E-state index contributed by atoms with van der Waals surface area (Å²) >= 11 is 3.46. The number of aromatic nitrogens is 2. The molecule has 0 spiro atoms. The Hall–Kier alpha value is -1.33. The van der Waals surface area contributed by atoms with Crippen LogP contribution in [0.2, 0.25) is 0 Å². The fourth-order valence-corrected chi connectivity index (χ4v) is 2.65. The molecule has 1 aromatic heterocycles. The van der Waals surface area contributed by atoms with Crippen molar-refractivity contribution in [1.29, 1.82) is 0 Å². The van der Waals surface area contributed by atoms with Gasteiger partial charge in [0.15, 0.2) is 0 Å². The quantitative estimate of drug-likeness (QED) is 0.903. The molecule has 1 aromatic carbocycles. The van der Waals surface area contributed by atoms with Gasteiger partial charge in [-0.3, -0.25) is 4.68 Å². The Morgan fingerprint density at radius 3 is 2.70 bits per heavy atom. The van der Waals surface area contributed by atoms with Gasteiger partial charge in [0.25, 0.3) is 0 Å². The van der Waals surface area contributed by atoms with Crippen molar-refractivity contribution in [3.63, 3.8) is 0 Å². The van der Waals surface area contributed by atoms with Gasteiger partial charge in [0, 0.05) is 11.6 Å². The molecule has 0 aliphatic rings. The molecule has 0 amide bonds. The van der Waals surface area contributed by atoms with Crippen LogP contribution in [-0.4, -0.2) is 21.5 Å². The summed E-state index contributed by atoms with van der Waals surface area (Å²) in [5, 5.41) is 15.0. The Morgan fingerprint density at radius 2 is 2.05 bits per heavy atom. The van der Waals surface area contributed by atoms with Gasteiger partial charge in [0.2, 0.25) is 0 Å². The number of hydrogen-bond acceptors (Lipinski definition) is 3. The zero-order valence-corrected chi connectivity index (χ0v) is 13.5. The average molecular weight is 339 g/mol. The van der Waals surface area contributed by atoms with E-state index in [-0.39, 0.29) is 6.04 Å². The number of aliphatic hydroxyl groups excluding tert-OH is 1. The molecule has 108 valence electrons. The third-order valence-corrected chi connectivity index (χ3v) is 3.66. The number of rotatable bonds is 5. The zero-order chi connectivity index (χ0) is 14.7. The van der Waals surface area contributed by atoms with E-state index < -0.39 is 6.10 Å². The second kappa shape index (κ2) is 6.41. The number of halogens is 1. The summed E-state index contributed by atoms with van der Waals surface area (Å²) in [6.07, 6.45) is 0.930. The predicted octanol–water partition coefficient (Wildman–Crippen LogP) is 3.71. The summed E-state index contributed by atoms with van der Waals surface area (Å²) in [5.74, 6) is 0.700. The van der Waals surface area contributed by atoms with Crippen LogP contribution in [0.4, 0.5) is 0 Å². The average Bonchev–Trinajstić information content (AvgIpc) is 2.81. The predicted molar refractivity (Wildman–Crippen MR) is 82.0 cm³/mol. The fraction of sp³-hybridized carbons (Fsp3) is 0.400. The van der Waals surface area contributed by atoms with E-state index in [0.717, 1.165) is 15.7 Å². The van der Waals surface area contributed by atoms with Crippen LogP contribution in [0.25, 0.3) is 0 Å². The smallest absolute Gasteiger partial charge is 0.125 e. The second-order valence-electron chi connectivity index (χ2n) is 4.79. The van der Waals surface area contributed by atoms with Crippen LogP contribution in [0, 0.1) is 0 Å². The Morgan fingerprint density at radius 1 is 1.35 bits per heavy atom. The molecular formula is C15H19BrN2O2. The van der Waals surface area contributed by atoms with E-state index >= 15 is 0 Å². The van der Waals surface area contributed by atoms with Gasteiger partial charge in [-0.1, -0.05) is 18.2 Å². The first kappa shape index (κ1) is 15.1. The molecule has 0 saturated carbocycles. The summed E-state index contributed by atoms with van der Waals surface area (Å²) in [6.45, 7) is 6.56. The summed E-state index contributed by atoms with van der Waals surface area (Å²) in [5.41, 5.74) is 1.49. The van der Waals surface area contributed by atoms with Crippen molar-refractivity contribution in [2.75, 3.05) is 6.61 Å². The lowest BCUT2D eigenvalue weighted by atomic mass is 10.1. The Kier molecular flexibility index (Phi) is 4.83. The van der Waals surface area contributed by atoms with Gasteiger partial charge in [-0.15, -0.1) is 0 Å².